The Bertz CT molecular complexity index is 606. The molecule has 2 saturated heterocycles. The second-order valence-electron chi connectivity index (χ2n) is 8.02. The molecule has 27 heavy (non-hydrogen) atoms. The minimum Gasteiger partial charge on any atom is -0.372 e. The molecule has 4 unspecified atom stereocenters. The number of carbonyl (C=O) groups is 4. The number of ether oxygens (including phenoxy) is 1. The van der Waals surface area contributed by atoms with Crippen molar-refractivity contribution in [3.8, 4) is 0 Å². The average molecular weight is 381 g/mol. The van der Waals surface area contributed by atoms with E-state index in [1.807, 2.05) is 13.8 Å². The first-order chi connectivity index (χ1) is 12.7. The largest absolute Gasteiger partial charge is 0.372 e. The summed E-state index contributed by atoms with van der Waals surface area (Å²) in [6.07, 6.45) is 1.13. The quantitative estimate of drug-likeness (QED) is 0.651. The van der Waals surface area contributed by atoms with Crippen LogP contribution in [0.4, 0.5) is 0 Å². The minimum atomic E-state index is -0.582. The van der Waals surface area contributed by atoms with E-state index in [9.17, 15) is 19.2 Å². The third-order valence-corrected chi connectivity index (χ3v) is 5.55. The van der Waals surface area contributed by atoms with Crippen molar-refractivity contribution in [2.24, 2.45) is 17.6 Å². The monoisotopic (exact) mass is 381 g/mol. The fourth-order valence-electron chi connectivity index (χ4n) is 3.93. The molecule has 2 N–H and O–H groups in total. The molecule has 0 radical (unpaired) electrons. The lowest BCUT2D eigenvalue weighted by Crippen LogP contribution is -2.46. The molecule has 2 rings (SSSR count). The number of amides is 3. The Hall–Kier alpha value is -1.96. The van der Waals surface area contributed by atoms with Crippen LogP contribution >= 0.6 is 0 Å². The summed E-state index contributed by atoms with van der Waals surface area (Å²) in [7, 11) is 1.50. The van der Waals surface area contributed by atoms with Crippen molar-refractivity contribution in [2.45, 2.75) is 64.6 Å². The summed E-state index contributed by atoms with van der Waals surface area (Å²) in [6, 6.07) is -0.866. The second kappa shape index (κ2) is 8.82. The van der Waals surface area contributed by atoms with Crippen LogP contribution in [0.25, 0.3) is 0 Å². The Kier molecular flexibility index (Phi) is 6.97. The Morgan fingerprint density at radius 3 is 2.44 bits per heavy atom. The van der Waals surface area contributed by atoms with Gasteiger partial charge in [0, 0.05) is 26.0 Å². The molecule has 0 aromatic heterocycles. The van der Waals surface area contributed by atoms with Crippen LogP contribution in [-0.2, 0) is 23.9 Å². The van der Waals surface area contributed by atoms with Crippen molar-refractivity contribution in [1.29, 1.82) is 0 Å². The summed E-state index contributed by atoms with van der Waals surface area (Å²) in [4.78, 5) is 52.3. The van der Waals surface area contributed by atoms with Gasteiger partial charge < -0.3 is 20.3 Å². The van der Waals surface area contributed by atoms with Crippen molar-refractivity contribution >= 4 is 23.5 Å². The van der Waals surface area contributed by atoms with Crippen LogP contribution in [0.5, 0.6) is 0 Å². The van der Waals surface area contributed by atoms with Gasteiger partial charge in [-0.2, -0.15) is 0 Å². The first kappa shape index (κ1) is 21.3. The average Bonchev–Trinajstić information content (AvgIpc) is 3.18. The number of carbonyl (C=O) groups excluding carboxylic acids is 4. The molecule has 0 aromatic rings. The molecule has 2 fully saturated rings. The standard InChI is InChI=1S/C19H31N3O5/c1-11(2)9-15(27-4)19(26)22-10-14(23)17-13(22)7-8-21(17)16(24)6-5-12(3)18(20)25/h11-13,15,17H,5-10H2,1-4H3,(H2,20,25). The smallest absolute Gasteiger partial charge is 0.252 e. The predicted octanol–water partition coefficient (Wildman–Crippen LogP) is 0.330. The number of hydrogen-bond acceptors (Lipinski definition) is 5. The van der Waals surface area contributed by atoms with Gasteiger partial charge in [-0.3, -0.25) is 19.2 Å². The van der Waals surface area contributed by atoms with Crippen molar-refractivity contribution in [3.05, 3.63) is 0 Å². The van der Waals surface area contributed by atoms with E-state index in [4.69, 9.17) is 10.5 Å². The summed E-state index contributed by atoms with van der Waals surface area (Å²) in [5.74, 6) is -0.981. The molecule has 4 atom stereocenters. The highest BCUT2D eigenvalue weighted by atomic mass is 16.5. The number of likely N-dealkylation sites (tertiary alicyclic amines) is 2. The van der Waals surface area contributed by atoms with Crippen LogP contribution in [0, 0.1) is 11.8 Å². The molecule has 8 nitrogen and oxygen atoms in total. The maximum atomic E-state index is 12.9. The van der Waals surface area contributed by atoms with Crippen molar-refractivity contribution < 1.29 is 23.9 Å². The third-order valence-electron chi connectivity index (χ3n) is 5.55. The van der Waals surface area contributed by atoms with Crippen LogP contribution in [-0.4, -0.2) is 71.7 Å². The summed E-state index contributed by atoms with van der Waals surface area (Å²) in [5.41, 5.74) is 5.24. The molecular formula is C19H31N3O5. The fourth-order valence-corrected chi connectivity index (χ4v) is 3.93. The Labute approximate surface area is 160 Å². The third kappa shape index (κ3) is 4.66. The molecule has 0 bridgehead atoms. The van der Waals surface area contributed by atoms with Gasteiger partial charge in [0.2, 0.25) is 11.8 Å². The van der Waals surface area contributed by atoms with Crippen LogP contribution < -0.4 is 5.73 Å². The van der Waals surface area contributed by atoms with Gasteiger partial charge in [0.25, 0.3) is 5.91 Å². The van der Waals surface area contributed by atoms with E-state index in [-0.39, 0.29) is 42.5 Å². The lowest BCUT2D eigenvalue weighted by atomic mass is 10.0. The molecule has 0 spiro atoms. The summed E-state index contributed by atoms with van der Waals surface area (Å²) in [6.45, 7) is 6.17. The van der Waals surface area contributed by atoms with Gasteiger partial charge in [-0.1, -0.05) is 20.8 Å². The van der Waals surface area contributed by atoms with Crippen LogP contribution in [0.1, 0.15) is 46.5 Å². The Balaban J connectivity index is 2.04. The SMILES string of the molecule is COC(CC(C)C)C(=O)N1CC(=O)C2C1CCN2C(=O)CCC(C)C(N)=O. The summed E-state index contributed by atoms with van der Waals surface area (Å²) < 4.78 is 5.35. The van der Waals surface area contributed by atoms with E-state index < -0.39 is 18.1 Å². The van der Waals surface area contributed by atoms with Gasteiger partial charge in [0.1, 0.15) is 12.1 Å². The zero-order valence-electron chi connectivity index (χ0n) is 16.6. The highest BCUT2D eigenvalue weighted by Gasteiger charge is 2.52. The fraction of sp³-hybridized carbons (Fsp3) is 0.789. The topological polar surface area (TPSA) is 110 Å². The van der Waals surface area contributed by atoms with E-state index >= 15 is 0 Å². The molecule has 3 amide bonds. The lowest BCUT2D eigenvalue weighted by molar-refractivity contribution is -0.144. The Morgan fingerprint density at radius 1 is 1.22 bits per heavy atom. The number of primary amides is 1. The van der Waals surface area contributed by atoms with Crippen molar-refractivity contribution in [2.75, 3.05) is 20.2 Å². The predicted molar refractivity (Wildman–Crippen MR) is 98.5 cm³/mol. The molecule has 2 aliphatic rings. The lowest BCUT2D eigenvalue weighted by Gasteiger charge is -2.28. The van der Waals surface area contributed by atoms with Gasteiger partial charge >= 0.3 is 0 Å². The van der Waals surface area contributed by atoms with E-state index in [1.54, 1.807) is 16.7 Å². The molecule has 2 heterocycles. The maximum Gasteiger partial charge on any atom is 0.252 e. The van der Waals surface area contributed by atoms with Gasteiger partial charge in [-0.05, 0) is 25.2 Å². The van der Waals surface area contributed by atoms with E-state index in [0.717, 1.165) is 0 Å². The summed E-state index contributed by atoms with van der Waals surface area (Å²) >= 11 is 0. The molecular weight excluding hydrogens is 350 g/mol. The number of methoxy groups -OCH3 is 1. The highest BCUT2D eigenvalue weighted by molar-refractivity contribution is 5.98. The van der Waals surface area contributed by atoms with Crippen LogP contribution in [0.2, 0.25) is 0 Å². The van der Waals surface area contributed by atoms with E-state index in [1.165, 1.54) is 7.11 Å². The molecule has 2 aliphatic heterocycles. The van der Waals surface area contributed by atoms with E-state index in [0.29, 0.717) is 31.7 Å². The molecule has 0 aliphatic carbocycles. The first-order valence-corrected chi connectivity index (χ1v) is 9.62. The molecule has 8 heteroatoms. The van der Waals surface area contributed by atoms with Gasteiger partial charge in [0.05, 0.1) is 12.6 Å². The zero-order chi connectivity index (χ0) is 20.3. The van der Waals surface area contributed by atoms with Gasteiger partial charge in [-0.25, -0.2) is 0 Å². The van der Waals surface area contributed by atoms with Crippen LogP contribution in [0.15, 0.2) is 0 Å². The number of nitrogens with zero attached hydrogens (tertiary/aromatic N) is 2. The zero-order valence-corrected chi connectivity index (χ0v) is 16.6. The van der Waals surface area contributed by atoms with E-state index in [2.05, 4.69) is 0 Å². The normalized spacial score (nSPS) is 24.3. The number of hydrogen-bond donors (Lipinski definition) is 1. The van der Waals surface area contributed by atoms with Crippen molar-refractivity contribution in [3.63, 3.8) is 0 Å². The summed E-state index contributed by atoms with van der Waals surface area (Å²) in [5, 5.41) is 0. The van der Waals surface area contributed by atoms with Gasteiger partial charge in [0.15, 0.2) is 5.78 Å². The van der Waals surface area contributed by atoms with Gasteiger partial charge in [-0.15, -0.1) is 0 Å². The number of ketones is 1. The molecule has 0 saturated carbocycles. The highest BCUT2D eigenvalue weighted by Crippen LogP contribution is 2.31. The van der Waals surface area contributed by atoms with Crippen LogP contribution in [0.3, 0.4) is 0 Å². The number of fused-ring (bicyclic) bond motifs is 1. The number of nitrogens with two attached hydrogens (primary N) is 1. The number of rotatable bonds is 8. The van der Waals surface area contributed by atoms with Crippen molar-refractivity contribution in [1.82, 2.24) is 9.80 Å². The molecule has 152 valence electrons. The molecule has 0 aromatic carbocycles. The second-order valence-corrected chi connectivity index (χ2v) is 8.02. The maximum absolute atomic E-state index is 12.9. The minimum absolute atomic E-state index is 0.0214. The number of Topliss-reactive ketones (excluding diaryl/α,β-unsaturated/α-hetero) is 1. The first-order valence-electron chi connectivity index (χ1n) is 9.62. The Morgan fingerprint density at radius 2 is 1.89 bits per heavy atom.